The lowest BCUT2D eigenvalue weighted by atomic mass is 9.71. The number of hydrogen-bond donors (Lipinski definition) is 3. The second-order valence-electron chi connectivity index (χ2n) is 9.38. The predicted molar refractivity (Wildman–Crippen MR) is 114 cm³/mol. The zero-order valence-corrected chi connectivity index (χ0v) is 18.2. The number of likely N-dealkylation sites (tertiary alicyclic amines) is 2. The van der Waals surface area contributed by atoms with E-state index in [-0.39, 0.29) is 24.0 Å². The topological polar surface area (TPSA) is 98.8 Å². The number of halogens is 1. The van der Waals surface area contributed by atoms with E-state index in [1.165, 1.54) is 0 Å². The van der Waals surface area contributed by atoms with E-state index in [2.05, 4.69) is 21.4 Å². The van der Waals surface area contributed by atoms with Crippen molar-refractivity contribution in [2.75, 3.05) is 26.2 Å². The molecule has 0 aromatic carbocycles. The Morgan fingerprint density at radius 3 is 2.68 bits per heavy atom. The number of hydrogen-bond acceptors (Lipinski definition) is 7. The Kier molecular flexibility index (Phi) is 5.76. The minimum absolute atomic E-state index is 0.115. The van der Waals surface area contributed by atoms with Crippen LogP contribution in [0.3, 0.4) is 0 Å². The second-order valence-corrected chi connectivity index (χ2v) is 9.82. The normalized spacial score (nSPS) is 29.4. The first kappa shape index (κ1) is 20.9. The highest BCUT2D eigenvalue weighted by Crippen LogP contribution is 2.42. The summed E-state index contributed by atoms with van der Waals surface area (Å²) in [5, 5.41) is 0.526. The number of carbonyl (C=O) groups excluding carboxylic acids is 2. The summed E-state index contributed by atoms with van der Waals surface area (Å²) < 4.78 is 5.42. The Balaban J connectivity index is 1.06. The molecule has 3 N–H and O–H groups in total. The van der Waals surface area contributed by atoms with E-state index < -0.39 is 0 Å². The Morgan fingerprint density at radius 1 is 1.13 bits per heavy atom. The molecule has 1 saturated carbocycles. The average Bonchev–Trinajstić information content (AvgIpc) is 3.23. The number of aromatic nitrogens is 1. The number of ether oxygens (including phenoxy) is 1. The van der Waals surface area contributed by atoms with E-state index in [0.29, 0.717) is 36.1 Å². The largest absolute Gasteiger partial charge is 0.444 e. The third-order valence-electron chi connectivity index (χ3n) is 7.28. The van der Waals surface area contributed by atoms with Gasteiger partial charge in [-0.05, 0) is 38.2 Å². The monoisotopic (exact) mass is 448 g/mol. The van der Waals surface area contributed by atoms with Crippen LogP contribution in [0, 0.1) is 11.3 Å². The van der Waals surface area contributed by atoms with Crippen molar-refractivity contribution >= 4 is 23.6 Å². The van der Waals surface area contributed by atoms with Crippen molar-refractivity contribution in [2.45, 2.75) is 50.8 Å². The van der Waals surface area contributed by atoms with Crippen LogP contribution in [0.4, 0.5) is 4.79 Å². The number of rotatable bonds is 3. The highest BCUT2D eigenvalue weighted by Gasteiger charge is 2.49. The summed E-state index contributed by atoms with van der Waals surface area (Å²) in [5.41, 5.74) is 10.4. The van der Waals surface area contributed by atoms with Gasteiger partial charge in [0, 0.05) is 67.6 Å². The molecule has 1 aliphatic carbocycles. The molecule has 3 unspecified atom stereocenters. The molecule has 4 heterocycles. The lowest BCUT2D eigenvalue weighted by molar-refractivity contribution is -0.152. The van der Waals surface area contributed by atoms with Crippen LogP contribution < -0.4 is 16.4 Å². The molecule has 1 aromatic rings. The van der Waals surface area contributed by atoms with Crippen molar-refractivity contribution in [1.82, 2.24) is 31.2 Å². The number of fused-ring (bicyclic) bond motifs is 1. The minimum atomic E-state index is -0.301. The molecular formula is C21H29ClN6O3. The molecule has 3 saturated heterocycles. The number of hydrazine groups is 2. The van der Waals surface area contributed by atoms with E-state index in [4.69, 9.17) is 16.3 Å². The van der Waals surface area contributed by atoms with Gasteiger partial charge in [-0.2, -0.15) is 5.53 Å². The third-order valence-corrected chi connectivity index (χ3v) is 7.49. The fourth-order valence-electron chi connectivity index (χ4n) is 5.38. The molecule has 1 aromatic heterocycles. The van der Waals surface area contributed by atoms with Gasteiger partial charge < -0.3 is 14.5 Å². The minimum Gasteiger partial charge on any atom is -0.444 e. The molecule has 10 heteroatoms. The van der Waals surface area contributed by atoms with Gasteiger partial charge in [-0.15, -0.1) is 0 Å². The van der Waals surface area contributed by atoms with Crippen molar-refractivity contribution in [3.63, 3.8) is 0 Å². The maximum absolute atomic E-state index is 13.0. The van der Waals surface area contributed by atoms with Crippen molar-refractivity contribution in [2.24, 2.45) is 11.3 Å². The van der Waals surface area contributed by atoms with Gasteiger partial charge >= 0.3 is 6.09 Å². The first-order chi connectivity index (χ1) is 15.0. The van der Waals surface area contributed by atoms with Gasteiger partial charge in [0.15, 0.2) is 0 Å². The number of nitrogens with one attached hydrogen (secondary N) is 3. The summed E-state index contributed by atoms with van der Waals surface area (Å²) >= 11 is 5.92. The Morgan fingerprint density at radius 2 is 1.90 bits per heavy atom. The van der Waals surface area contributed by atoms with E-state index in [0.717, 1.165) is 50.8 Å². The quantitative estimate of drug-likeness (QED) is 0.643. The Bertz CT molecular complexity index is 838. The van der Waals surface area contributed by atoms with Crippen LogP contribution in [0.5, 0.6) is 0 Å². The van der Waals surface area contributed by atoms with Crippen LogP contribution in [0.15, 0.2) is 18.5 Å². The molecule has 3 atom stereocenters. The van der Waals surface area contributed by atoms with Gasteiger partial charge in [0.2, 0.25) is 5.91 Å². The molecule has 1 spiro atoms. The van der Waals surface area contributed by atoms with Crippen LogP contribution in [0.1, 0.15) is 37.7 Å². The maximum Gasteiger partial charge on any atom is 0.410 e. The molecule has 0 bridgehead atoms. The molecule has 3 aliphatic heterocycles. The fourth-order valence-corrected chi connectivity index (χ4v) is 5.58. The summed E-state index contributed by atoms with van der Waals surface area (Å²) in [4.78, 5) is 33.2. The Labute approximate surface area is 186 Å². The highest BCUT2D eigenvalue weighted by atomic mass is 35.5. The van der Waals surface area contributed by atoms with Gasteiger partial charge in [-0.1, -0.05) is 11.6 Å². The summed E-state index contributed by atoms with van der Waals surface area (Å²) in [5.74, 6) is 0.415. The zero-order chi connectivity index (χ0) is 21.4. The standard InChI is InChI=1S/C21H29ClN6O3/c22-16-7-14(9-23-10-16)11-31-20(30)27-5-3-21(4-6-27)12-28(13-21)19(29)15-1-2-17-18(8-15)25-26-24-17/h7,9-10,15,17-18,24-26H,1-6,8,11-13H2. The van der Waals surface area contributed by atoms with Crippen LogP contribution in [0.2, 0.25) is 5.02 Å². The highest BCUT2D eigenvalue weighted by molar-refractivity contribution is 6.30. The van der Waals surface area contributed by atoms with Crippen molar-refractivity contribution < 1.29 is 14.3 Å². The van der Waals surface area contributed by atoms with E-state index in [1.54, 1.807) is 23.4 Å². The molecule has 168 valence electrons. The second kappa shape index (κ2) is 8.54. The van der Waals surface area contributed by atoms with Crippen LogP contribution in [-0.2, 0) is 16.1 Å². The lowest BCUT2D eigenvalue weighted by Crippen LogP contribution is -2.63. The first-order valence-electron chi connectivity index (χ1n) is 11.1. The van der Waals surface area contributed by atoms with Crippen molar-refractivity contribution in [3.8, 4) is 0 Å². The molecule has 2 amide bonds. The molecule has 31 heavy (non-hydrogen) atoms. The number of amides is 2. The first-order valence-corrected chi connectivity index (χ1v) is 11.5. The van der Waals surface area contributed by atoms with Crippen LogP contribution >= 0.6 is 11.6 Å². The van der Waals surface area contributed by atoms with E-state index >= 15 is 0 Å². The average molecular weight is 449 g/mol. The maximum atomic E-state index is 13.0. The zero-order valence-electron chi connectivity index (χ0n) is 17.5. The summed E-state index contributed by atoms with van der Waals surface area (Å²) in [6.45, 7) is 3.14. The van der Waals surface area contributed by atoms with Crippen LogP contribution in [0.25, 0.3) is 0 Å². The number of nitrogens with zero attached hydrogens (tertiary/aromatic N) is 3. The molecule has 9 nitrogen and oxygen atoms in total. The molecule has 4 aliphatic rings. The number of carbonyl (C=O) groups is 2. The third kappa shape index (κ3) is 4.37. The smallest absolute Gasteiger partial charge is 0.410 e. The number of piperidine rings is 1. The van der Waals surface area contributed by atoms with Crippen molar-refractivity contribution in [3.05, 3.63) is 29.0 Å². The Hall–Kier alpha value is -1.94. The molecular weight excluding hydrogens is 420 g/mol. The lowest BCUT2D eigenvalue weighted by Gasteiger charge is -2.54. The van der Waals surface area contributed by atoms with Crippen molar-refractivity contribution in [1.29, 1.82) is 0 Å². The predicted octanol–water partition coefficient (Wildman–Crippen LogP) is 1.45. The molecule has 0 radical (unpaired) electrons. The van der Waals surface area contributed by atoms with Gasteiger partial charge in [0.25, 0.3) is 0 Å². The van der Waals surface area contributed by atoms with E-state index in [1.807, 2.05) is 4.90 Å². The van der Waals surface area contributed by atoms with Crippen LogP contribution in [-0.4, -0.2) is 65.0 Å². The summed E-state index contributed by atoms with van der Waals surface area (Å²) in [7, 11) is 0. The number of pyridine rings is 1. The molecule has 4 fully saturated rings. The fraction of sp³-hybridized carbons (Fsp3) is 0.667. The summed E-state index contributed by atoms with van der Waals surface area (Å²) in [6.07, 6.45) is 7.56. The van der Waals surface area contributed by atoms with E-state index in [9.17, 15) is 9.59 Å². The van der Waals surface area contributed by atoms with Gasteiger partial charge in [-0.3, -0.25) is 9.78 Å². The van der Waals surface area contributed by atoms with Gasteiger partial charge in [0.05, 0.1) is 5.02 Å². The van der Waals surface area contributed by atoms with Gasteiger partial charge in [0.1, 0.15) is 6.61 Å². The summed E-state index contributed by atoms with van der Waals surface area (Å²) in [6, 6.07) is 2.50. The SMILES string of the molecule is O=C(OCc1cncc(Cl)c1)N1CCC2(CC1)CN(C(=O)C1CCC3NNNC3C1)C2. The molecule has 5 rings (SSSR count). The van der Waals surface area contributed by atoms with Gasteiger partial charge in [-0.25, -0.2) is 15.6 Å².